The summed E-state index contributed by atoms with van der Waals surface area (Å²) in [5, 5.41) is 2.77. The van der Waals surface area contributed by atoms with E-state index in [1.165, 1.54) is 7.11 Å². The third kappa shape index (κ3) is 5.59. The Morgan fingerprint density at radius 1 is 1.30 bits per heavy atom. The van der Waals surface area contributed by atoms with Crippen molar-refractivity contribution < 1.29 is 14.3 Å². The first-order valence-corrected chi connectivity index (χ1v) is 6.20. The van der Waals surface area contributed by atoms with Crippen LogP contribution in [0.15, 0.2) is 30.3 Å². The highest BCUT2D eigenvalue weighted by Gasteiger charge is 2.21. The van der Waals surface area contributed by atoms with E-state index in [0.29, 0.717) is 0 Å². The molecule has 1 aromatic carbocycles. The second kappa shape index (κ2) is 9.34. The molecule has 0 spiro atoms. The molecule has 0 fully saturated rings. The van der Waals surface area contributed by atoms with Gasteiger partial charge in [0.25, 0.3) is 0 Å². The van der Waals surface area contributed by atoms with Gasteiger partial charge in [0.1, 0.15) is 0 Å². The Bertz CT molecular complexity index is 426. The Hall–Kier alpha value is -1.59. The summed E-state index contributed by atoms with van der Waals surface area (Å²) >= 11 is 0. The summed E-state index contributed by atoms with van der Waals surface area (Å²) in [6, 6.07) is 9.06. The van der Waals surface area contributed by atoms with Crippen LogP contribution in [-0.2, 0) is 14.3 Å². The number of rotatable bonds is 6. The number of carbonyl (C=O) groups excluding carboxylic acids is 2. The quantitative estimate of drug-likeness (QED) is 0.774. The number of carbonyl (C=O) groups is 2. The van der Waals surface area contributed by atoms with Gasteiger partial charge in [-0.05, 0) is 12.5 Å². The fourth-order valence-electron chi connectivity index (χ4n) is 1.81. The van der Waals surface area contributed by atoms with E-state index in [4.69, 9.17) is 5.73 Å². The number of benzene rings is 1. The van der Waals surface area contributed by atoms with E-state index < -0.39 is 5.92 Å². The molecule has 0 bridgehead atoms. The molecule has 5 nitrogen and oxygen atoms in total. The first kappa shape index (κ1) is 18.4. The lowest BCUT2D eigenvalue weighted by atomic mass is 9.98. The van der Waals surface area contributed by atoms with Crippen LogP contribution in [0.2, 0.25) is 0 Å². The lowest BCUT2D eigenvalue weighted by molar-refractivity contribution is -0.141. The Kier molecular flexibility index (Phi) is 8.59. The van der Waals surface area contributed by atoms with Crippen LogP contribution in [0.5, 0.6) is 0 Å². The number of amides is 1. The van der Waals surface area contributed by atoms with Crippen molar-refractivity contribution in [2.24, 2.45) is 5.73 Å². The summed E-state index contributed by atoms with van der Waals surface area (Å²) in [6.45, 7) is 1.98. The molecule has 0 aliphatic carbocycles. The highest BCUT2D eigenvalue weighted by atomic mass is 35.5. The Balaban J connectivity index is 0.00000361. The first-order valence-electron chi connectivity index (χ1n) is 6.20. The fourth-order valence-corrected chi connectivity index (χ4v) is 1.81. The molecular formula is C14H21ClN2O3. The van der Waals surface area contributed by atoms with Gasteiger partial charge in [0.15, 0.2) is 0 Å². The number of methoxy groups -OCH3 is 1. The molecule has 0 aromatic heterocycles. The molecule has 0 saturated heterocycles. The van der Waals surface area contributed by atoms with Gasteiger partial charge in [-0.15, -0.1) is 12.4 Å². The van der Waals surface area contributed by atoms with Crippen molar-refractivity contribution in [2.75, 3.05) is 13.7 Å². The predicted octanol–water partition coefficient (Wildman–Crippen LogP) is 1.22. The van der Waals surface area contributed by atoms with Crippen LogP contribution in [0, 0.1) is 0 Å². The third-order valence-corrected chi connectivity index (χ3v) is 2.84. The fraction of sp³-hybridized carbons (Fsp3) is 0.429. The van der Waals surface area contributed by atoms with E-state index in [1.54, 1.807) is 6.92 Å². The number of halogens is 1. The maximum Gasteiger partial charge on any atom is 0.307 e. The van der Waals surface area contributed by atoms with Crippen LogP contribution in [0.4, 0.5) is 0 Å². The lowest BCUT2D eigenvalue weighted by Crippen LogP contribution is -2.39. The summed E-state index contributed by atoms with van der Waals surface area (Å²) in [6.07, 6.45) is 0.147. The Labute approximate surface area is 125 Å². The minimum absolute atomic E-state index is 0. The van der Waals surface area contributed by atoms with Crippen molar-refractivity contribution >= 4 is 24.3 Å². The van der Waals surface area contributed by atoms with Gasteiger partial charge in [0, 0.05) is 12.6 Å². The number of nitrogens with one attached hydrogen (secondary N) is 1. The monoisotopic (exact) mass is 300 g/mol. The maximum atomic E-state index is 12.1. The van der Waals surface area contributed by atoms with E-state index >= 15 is 0 Å². The van der Waals surface area contributed by atoms with Crippen molar-refractivity contribution in [3.8, 4) is 0 Å². The van der Waals surface area contributed by atoms with Crippen LogP contribution in [0.25, 0.3) is 0 Å². The highest BCUT2D eigenvalue weighted by Crippen LogP contribution is 2.14. The molecule has 0 aliphatic rings. The van der Waals surface area contributed by atoms with Gasteiger partial charge in [-0.3, -0.25) is 9.59 Å². The summed E-state index contributed by atoms with van der Waals surface area (Å²) in [7, 11) is 1.32. The number of hydrogen-bond donors (Lipinski definition) is 2. The molecular weight excluding hydrogens is 280 g/mol. The number of hydrogen-bond acceptors (Lipinski definition) is 4. The molecule has 1 rings (SSSR count). The summed E-state index contributed by atoms with van der Waals surface area (Å²) in [5.74, 6) is -0.928. The van der Waals surface area contributed by atoms with Crippen molar-refractivity contribution in [3.05, 3.63) is 35.9 Å². The van der Waals surface area contributed by atoms with Gasteiger partial charge in [-0.1, -0.05) is 30.3 Å². The molecule has 112 valence electrons. The molecule has 0 heterocycles. The van der Waals surface area contributed by atoms with Crippen molar-refractivity contribution in [1.82, 2.24) is 5.32 Å². The second-order valence-corrected chi connectivity index (χ2v) is 4.39. The predicted molar refractivity (Wildman–Crippen MR) is 79.7 cm³/mol. The number of esters is 1. The molecule has 0 saturated carbocycles. The topological polar surface area (TPSA) is 81.4 Å². The van der Waals surface area contributed by atoms with Crippen LogP contribution < -0.4 is 11.1 Å². The Morgan fingerprint density at radius 3 is 2.40 bits per heavy atom. The van der Waals surface area contributed by atoms with Crippen molar-refractivity contribution in [1.29, 1.82) is 0 Å². The van der Waals surface area contributed by atoms with Gasteiger partial charge >= 0.3 is 5.97 Å². The third-order valence-electron chi connectivity index (χ3n) is 2.84. The SMILES string of the molecule is COC(=O)CC(C)NC(=O)C(CN)c1ccccc1.Cl. The normalized spacial score (nSPS) is 12.8. The zero-order chi connectivity index (χ0) is 14.3. The highest BCUT2D eigenvalue weighted by molar-refractivity contribution is 5.85. The summed E-state index contributed by atoms with van der Waals surface area (Å²) in [5.41, 5.74) is 6.52. The largest absolute Gasteiger partial charge is 0.469 e. The van der Waals surface area contributed by atoms with Gasteiger partial charge < -0.3 is 15.8 Å². The van der Waals surface area contributed by atoms with E-state index in [-0.39, 0.29) is 43.3 Å². The van der Waals surface area contributed by atoms with E-state index in [2.05, 4.69) is 10.1 Å². The van der Waals surface area contributed by atoms with Crippen LogP contribution >= 0.6 is 12.4 Å². The van der Waals surface area contributed by atoms with E-state index in [9.17, 15) is 9.59 Å². The van der Waals surface area contributed by atoms with Crippen molar-refractivity contribution in [2.45, 2.75) is 25.3 Å². The summed E-state index contributed by atoms with van der Waals surface area (Å²) in [4.78, 5) is 23.2. The lowest BCUT2D eigenvalue weighted by Gasteiger charge is -2.18. The van der Waals surface area contributed by atoms with E-state index in [0.717, 1.165) is 5.56 Å². The standard InChI is InChI=1S/C14H20N2O3.ClH/c1-10(8-13(17)19-2)16-14(18)12(9-15)11-6-4-3-5-7-11;/h3-7,10,12H,8-9,15H2,1-2H3,(H,16,18);1H. The molecule has 2 unspecified atom stereocenters. The molecule has 20 heavy (non-hydrogen) atoms. The van der Waals surface area contributed by atoms with Gasteiger partial charge in [-0.2, -0.15) is 0 Å². The van der Waals surface area contributed by atoms with Gasteiger partial charge in [0.2, 0.25) is 5.91 Å². The van der Waals surface area contributed by atoms with Crippen LogP contribution in [-0.4, -0.2) is 31.6 Å². The zero-order valence-electron chi connectivity index (χ0n) is 11.7. The van der Waals surface area contributed by atoms with Crippen LogP contribution in [0.3, 0.4) is 0 Å². The van der Waals surface area contributed by atoms with Gasteiger partial charge in [0.05, 0.1) is 19.4 Å². The average molecular weight is 301 g/mol. The second-order valence-electron chi connectivity index (χ2n) is 4.39. The molecule has 2 atom stereocenters. The van der Waals surface area contributed by atoms with Gasteiger partial charge in [-0.25, -0.2) is 0 Å². The van der Waals surface area contributed by atoms with Crippen LogP contribution in [0.1, 0.15) is 24.8 Å². The molecule has 0 aliphatic heterocycles. The smallest absolute Gasteiger partial charge is 0.307 e. The molecule has 0 radical (unpaired) electrons. The molecule has 6 heteroatoms. The number of ether oxygens (including phenoxy) is 1. The zero-order valence-corrected chi connectivity index (χ0v) is 12.5. The molecule has 1 amide bonds. The minimum atomic E-state index is -0.402. The van der Waals surface area contributed by atoms with E-state index in [1.807, 2.05) is 30.3 Å². The molecule has 1 aromatic rings. The summed E-state index contributed by atoms with van der Waals surface area (Å²) < 4.78 is 4.56. The maximum absolute atomic E-state index is 12.1. The first-order chi connectivity index (χ1) is 9.08. The number of nitrogens with two attached hydrogens (primary N) is 1. The average Bonchev–Trinajstić information content (AvgIpc) is 2.40. The minimum Gasteiger partial charge on any atom is -0.469 e. The Morgan fingerprint density at radius 2 is 1.90 bits per heavy atom. The van der Waals surface area contributed by atoms with Crippen molar-refractivity contribution in [3.63, 3.8) is 0 Å². The molecule has 3 N–H and O–H groups in total.